The van der Waals surface area contributed by atoms with E-state index in [0.29, 0.717) is 11.7 Å². The Morgan fingerprint density at radius 3 is 2.44 bits per heavy atom. The van der Waals surface area contributed by atoms with E-state index < -0.39 is 22.0 Å². The largest absolute Gasteiger partial charge is 0.481 e. The van der Waals surface area contributed by atoms with E-state index in [-0.39, 0.29) is 17.7 Å². The minimum atomic E-state index is -3.98. The number of hydrogen-bond acceptors (Lipinski definition) is 5. The normalized spacial score (nSPS) is 12.7. The first-order chi connectivity index (χ1) is 11.8. The number of sulfonamides is 1. The quantitative estimate of drug-likeness (QED) is 0.690. The number of aliphatic carboxylic acids is 1. The zero-order valence-electron chi connectivity index (χ0n) is 14.0. The summed E-state index contributed by atoms with van der Waals surface area (Å²) >= 11 is 0. The molecule has 0 heterocycles. The predicted octanol–water partition coefficient (Wildman–Crippen LogP) is 1.62. The van der Waals surface area contributed by atoms with Gasteiger partial charge in [0, 0.05) is 37.0 Å². The van der Waals surface area contributed by atoms with Crippen LogP contribution in [0.15, 0.2) is 41.3 Å². The van der Waals surface area contributed by atoms with Crippen molar-refractivity contribution in [1.82, 2.24) is 4.72 Å². The molecular weight excluding hydrogens is 344 g/mol. The van der Waals surface area contributed by atoms with Gasteiger partial charge in [0.2, 0.25) is 10.0 Å². The summed E-state index contributed by atoms with van der Waals surface area (Å²) in [6.45, 7) is 0. The zero-order valence-corrected chi connectivity index (χ0v) is 14.8. The third-order valence-corrected chi connectivity index (χ3v) is 5.32. The number of hydrogen-bond donors (Lipinski definition) is 2. The number of carboxylic acids is 1. The summed E-state index contributed by atoms with van der Waals surface area (Å²) in [5, 5.41) is 10.00. The molecule has 1 atom stereocenters. The first-order valence-electron chi connectivity index (χ1n) is 7.64. The van der Waals surface area contributed by atoms with Gasteiger partial charge in [0.15, 0.2) is 0 Å². The third-order valence-electron chi connectivity index (χ3n) is 3.77. The van der Waals surface area contributed by atoms with Gasteiger partial charge in [0.05, 0.1) is 10.9 Å². The van der Waals surface area contributed by atoms with Gasteiger partial charge in [-0.1, -0.05) is 24.3 Å². The van der Waals surface area contributed by atoms with Gasteiger partial charge in [0.1, 0.15) is 6.29 Å². The van der Waals surface area contributed by atoms with Crippen molar-refractivity contribution in [3.63, 3.8) is 0 Å². The Bertz CT molecular complexity index is 893. The van der Waals surface area contributed by atoms with Crippen molar-refractivity contribution in [3.05, 3.63) is 36.4 Å². The van der Waals surface area contributed by atoms with Crippen LogP contribution in [0.1, 0.15) is 12.8 Å². The van der Waals surface area contributed by atoms with Crippen LogP contribution in [-0.2, 0) is 19.6 Å². The Labute approximate surface area is 146 Å². The fourth-order valence-electron chi connectivity index (χ4n) is 2.59. The van der Waals surface area contributed by atoms with E-state index in [1.165, 1.54) is 6.07 Å². The van der Waals surface area contributed by atoms with E-state index in [9.17, 15) is 18.0 Å². The second-order valence-electron chi connectivity index (χ2n) is 5.82. The molecule has 7 nitrogen and oxygen atoms in total. The van der Waals surface area contributed by atoms with Gasteiger partial charge in [-0.05, 0) is 18.6 Å². The molecule has 0 saturated heterocycles. The van der Waals surface area contributed by atoms with Crippen LogP contribution in [0.5, 0.6) is 0 Å². The third kappa shape index (κ3) is 4.34. The summed E-state index contributed by atoms with van der Waals surface area (Å²) in [5.41, 5.74) is 0.868. The molecular formula is C17H20N2O5S. The maximum atomic E-state index is 12.7. The molecule has 0 aliphatic carbocycles. The summed E-state index contributed by atoms with van der Waals surface area (Å²) in [6.07, 6.45) is 0.00882. The number of carbonyl (C=O) groups excluding carboxylic acids is 1. The first kappa shape index (κ1) is 18.9. The topological polar surface area (TPSA) is 104 Å². The lowest BCUT2D eigenvalue weighted by Gasteiger charge is -2.18. The van der Waals surface area contributed by atoms with Gasteiger partial charge in [-0.15, -0.1) is 0 Å². The molecule has 134 valence electrons. The van der Waals surface area contributed by atoms with Gasteiger partial charge < -0.3 is 14.8 Å². The van der Waals surface area contributed by atoms with Crippen LogP contribution in [0.25, 0.3) is 10.8 Å². The fraction of sp³-hybridized carbons (Fsp3) is 0.294. The van der Waals surface area contributed by atoms with Crippen molar-refractivity contribution in [1.29, 1.82) is 0 Å². The molecule has 0 saturated carbocycles. The smallest absolute Gasteiger partial charge is 0.303 e. The highest BCUT2D eigenvalue weighted by Gasteiger charge is 2.23. The van der Waals surface area contributed by atoms with E-state index in [1.54, 1.807) is 18.2 Å². The summed E-state index contributed by atoms with van der Waals surface area (Å²) in [6, 6.07) is 9.18. The number of carbonyl (C=O) groups is 2. The van der Waals surface area contributed by atoms with Crippen LogP contribution < -0.4 is 9.62 Å². The van der Waals surface area contributed by atoms with Gasteiger partial charge in [-0.25, -0.2) is 13.1 Å². The number of benzene rings is 2. The Morgan fingerprint density at radius 1 is 1.20 bits per heavy atom. The summed E-state index contributed by atoms with van der Waals surface area (Å²) in [4.78, 5) is 23.7. The molecule has 8 heteroatoms. The Kier molecular flexibility index (Phi) is 5.76. The van der Waals surface area contributed by atoms with E-state index >= 15 is 0 Å². The SMILES string of the molecule is CN(C)c1cccc2c(S(=O)(=O)N[C@H](C=O)CCC(=O)O)cccc12. The molecule has 25 heavy (non-hydrogen) atoms. The molecule has 0 aromatic heterocycles. The lowest BCUT2D eigenvalue weighted by atomic mass is 10.1. The predicted molar refractivity (Wildman–Crippen MR) is 95.3 cm³/mol. The molecule has 2 N–H and O–H groups in total. The fourth-order valence-corrected chi connectivity index (χ4v) is 4.01. The highest BCUT2D eigenvalue weighted by Crippen LogP contribution is 2.30. The van der Waals surface area contributed by atoms with Crippen molar-refractivity contribution in [2.75, 3.05) is 19.0 Å². The van der Waals surface area contributed by atoms with Crippen molar-refractivity contribution in [2.45, 2.75) is 23.8 Å². The molecule has 0 spiro atoms. The molecule has 0 aliphatic heterocycles. The first-order valence-corrected chi connectivity index (χ1v) is 9.13. The summed E-state index contributed by atoms with van der Waals surface area (Å²) in [7, 11) is -0.254. The molecule has 0 radical (unpaired) electrons. The Hall–Kier alpha value is -2.45. The molecule has 2 aromatic rings. The van der Waals surface area contributed by atoms with E-state index in [1.807, 2.05) is 31.1 Å². The van der Waals surface area contributed by atoms with Crippen LogP contribution in [-0.4, -0.2) is 45.9 Å². The number of nitrogens with one attached hydrogen (secondary N) is 1. The van der Waals surface area contributed by atoms with E-state index in [2.05, 4.69) is 4.72 Å². The van der Waals surface area contributed by atoms with Gasteiger partial charge >= 0.3 is 5.97 Å². The molecule has 0 bridgehead atoms. The second kappa shape index (κ2) is 7.62. The average Bonchev–Trinajstić information content (AvgIpc) is 2.57. The summed E-state index contributed by atoms with van der Waals surface area (Å²) in [5.74, 6) is -1.09. The Morgan fingerprint density at radius 2 is 1.84 bits per heavy atom. The summed E-state index contributed by atoms with van der Waals surface area (Å²) < 4.78 is 27.7. The highest BCUT2D eigenvalue weighted by molar-refractivity contribution is 7.89. The van der Waals surface area contributed by atoms with E-state index in [4.69, 9.17) is 5.11 Å². The monoisotopic (exact) mass is 364 g/mol. The number of carboxylic acid groups (broad SMARTS) is 1. The number of rotatable bonds is 8. The number of fused-ring (bicyclic) bond motifs is 1. The standard InChI is InChI=1S/C17H20N2O5S/c1-19(2)15-7-3-6-14-13(15)5-4-8-16(14)25(23,24)18-12(11-20)9-10-17(21)22/h3-8,11-12,18H,9-10H2,1-2H3,(H,21,22)/t12-/m0/s1. The minimum Gasteiger partial charge on any atom is -0.481 e. The zero-order chi connectivity index (χ0) is 18.6. The second-order valence-corrected chi connectivity index (χ2v) is 7.50. The lowest BCUT2D eigenvalue weighted by Crippen LogP contribution is -2.36. The molecule has 0 unspecified atom stereocenters. The van der Waals surface area contributed by atoms with Crippen molar-refractivity contribution in [3.8, 4) is 0 Å². The molecule has 0 fully saturated rings. The maximum Gasteiger partial charge on any atom is 0.303 e. The molecule has 0 amide bonds. The maximum absolute atomic E-state index is 12.7. The number of aldehydes is 1. The molecule has 2 aromatic carbocycles. The van der Waals surface area contributed by atoms with Gasteiger partial charge in [-0.3, -0.25) is 4.79 Å². The van der Waals surface area contributed by atoms with Crippen LogP contribution in [0, 0.1) is 0 Å². The number of nitrogens with zero attached hydrogens (tertiary/aromatic N) is 1. The van der Waals surface area contributed by atoms with Gasteiger partial charge in [-0.2, -0.15) is 0 Å². The average molecular weight is 364 g/mol. The Balaban J connectivity index is 2.44. The van der Waals surface area contributed by atoms with Crippen molar-refractivity contribution < 1.29 is 23.1 Å². The van der Waals surface area contributed by atoms with Crippen molar-refractivity contribution >= 4 is 38.7 Å². The lowest BCUT2D eigenvalue weighted by molar-refractivity contribution is -0.137. The van der Waals surface area contributed by atoms with Crippen LogP contribution in [0.4, 0.5) is 5.69 Å². The number of anilines is 1. The molecule has 0 aliphatic rings. The van der Waals surface area contributed by atoms with Crippen LogP contribution >= 0.6 is 0 Å². The van der Waals surface area contributed by atoms with E-state index in [0.717, 1.165) is 11.1 Å². The minimum absolute atomic E-state index is 0.0517. The van der Waals surface area contributed by atoms with Crippen LogP contribution in [0.2, 0.25) is 0 Å². The molecule has 2 rings (SSSR count). The highest BCUT2D eigenvalue weighted by atomic mass is 32.2. The van der Waals surface area contributed by atoms with Crippen molar-refractivity contribution in [2.24, 2.45) is 0 Å². The van der Waals surface area contributed by atoms with Crippen LogP contribution in [0.3, 0.4) is 0 Å². The van der Waals surface area contributed by atoms with Gasteiger partial charge in [0.25, 0.3) is 0 Å².